The van der Waals surface area contributed by atoms with Crippen LogP contribution >= 0.6 is 0 Å². The summed E-state index contributed by atoms with van der Waals surface area (Å²) in [5, 5.41) is 12.7. The van der Waals surface area contributed by atoms with Crippen molar-refractivity contribution in [3.63, 3.8) is 0 Å². The SMILES string of the molecule is O=C(O)C1(C2CC2c2ccccc2)CCNC1. The number of benzene rings is 1. The Bertz CT molecular complexity index is 423. The lowest BCUT2D eigenvalue weighted by atomic mass is 9.80. The van der Waals surface area contributed by atoms with Gasteiger partial charge in [0.05, 0.1) is 5.41 Å². The summed E-state index contributed by atoms with van der Waals surface area (Å²) in [6.07, 6.45) is 1.80. The molecule has 2 N–H and O–H groups in total. The van der Waals surface area contributed by atoms with Gasteiger partial charge in [0.25, 0.3) is 0 Å². The fraction of sp³-hybridized carbons (Fsp3) is 0.500. The molecule has 1 aliphatic carbocycles. The minimum absolute atomic E-state index is 0.317. The van der Waals surface area contributed by atoms with E-state index in [1.807, 2.05) is 18.2 Å². The molecule has 90 valence electrons. The van der Waals surface area contributed by atoms with Gasteiger partial charge in [0.15, 0.2) is 0 Å². The van der Waals surface area contributed by atoms with Gasteiger partial charge in [0.2, 0.25) is 0 Å². The topological polar surface area (TPSA) is 49.3 Å². The van der Waals surface area contributed by atoms with Crippen molar-refractivity contribution >= 4 is 5.97 Å². The maximum atomic E-state index is 11.5. The number of hydrogen-bond acceptors (Lipinski definition) is 2. The number of carbonyl (C=O) groups is 1. The normalized spacial score (nSPS) is 35.8. The average molecular weight is 231 g/mol. The Morgan fingerprint density at radius 2 is 2.12 bits per heavy atom. The first-order valence-electron chi connectivity index (χ1n) is 6.23. The Kier molecular flexibility index (Phi) is 2.44. The van der Waals surface area contributed by atoms with Gasteiger partial charge in [-0.3, -0.25) is 4.79 Å². The molecule has 1 aromatic carbocycles. The Morgan fingerprint density at radius 3 is 2.71 bits per heavy atom. The second kappa shape index (κ2) is 3.84. The van der Waals surface area contributed by atoms with Gasteiger partial charge in [-0.05, 0) is 36.8 Å². The Balaban J connectivity index is 1.81. The minimum Gasteiger partial charge on any atom is -0.481 e. The van der Waals surface area contributed by atoms with Crippen LogP contribution in [0.5, 0.6) is 0 Å². The molecule has 1 heterocycles. The van der Waals surface area contributed by atoms with Crippen molar-refractivity contribution in [2.75, 3.05) is 13.1 Å². The molecule has 1 saturated heterocycles. The predicted octanol–water partition coefficient (Wildman–Crippen LogP) is 1.85. The van der Waals surface area contributed by atoms with E-state index in [1.165, 1.54) is 5.56 Å². The second-order valence-electron chi connectivity index (χ2n) is 5.25. The molecule has 0 radical (unpaired) electrons. The van der Waals surface area contributed by atoms with Crippen LogP contribution in [0.3, 0.4) is 0 Å². The number of aliphatic carboxylic acids is 1. The molecule has 17 heavy (non-hydrogen) atoms. The number of carboxylic acids is 1. The number of hydrogen-bond donors (Lipinski definition) is 2. The summed E-state index contributed by atoms with van der Waals surface area (Å²) in [7, 11) is 0. The van der Waals surface area contributed by atoms with E-state index < -0.39 is 11.4 Å². The molecule has 1 saturated carbocycles. The van der Waals surface area contributed by atoms with Crippen molar-refractivity contribution in [3.05, 3.63) is 35.9 Å². The highest BCUT2D eigenvalue weighted by atomic mass is 16.4. The molecular weight excluding hydrogens is 214 g/mol. The van der Waals surface area contributed by atoms with Gasteiger partial charge in [-0.1, -0.05) is 30.3 Å². The van der Waals surface area contributed by atoms with E-state index >= 15 is 0 Å². The molecule has 2 aliphatic rings. The number of carboxylic acid groups (broad SMARTS) is 1. The van der Waals surface area contributed by atoms with Gasteiger partial charge in [0, 0.05) is 6.54 Å². The van der Waals surface area contributed by atoms with Gasteiger partial charge >= 0.3 is 5.97 Å². The van der Waals surface area contributed by atoms with Crippen LogP contribution in [0.2, 0.25) is 0 Å². The van der Waals surface area contributed by atoms with Crippen LogP contribution < -0.4 is 5.32 Å². The van der Waals surface area contributed by atoms with Crippen molar-refractivity contribution < 1.29 is 9.90 Å². The lowest BCUT2D eigenvalue weighted by Gasteiger charge is -2.23. The zero-order valence-corrected chi connectivity index (χ0v) is 9.73. The first-order valence-corrected chi connectivity index (χ1v) is 6.23. The van der Waals surface area contributed by atoms with Crippen LogP contribution in [0.1, 0.15) is 24.3 Å². The monoisotopic (exact) mass is 231 g/mol. The van der Waals surface area contributed by atoms with Gasteiger partial charge in [-0.15, -0.1) is 0 Å². The molecule has 0 spiro atoms. The van der Waals surface area contributed by atoms with E-state index in [1.54, 1.807) is 0 Å². The molecule has 3 nitrogen and oxygen atoms in total. The molecule has 3 rings (SSSR count). The summed E-state index contributed by atoms with van der Waals surface area (Å²) in [4.78, 5) is 11.5. The van der Waals surface area contributed by atoms with Crippen molar-refractivity contribution in [2.45, 2.75) is 18.8 Å². The van der Waals surface area contributed by atoms with Crippen LogP contribution in [0.25, 0.3) is 0 Å². The number of nitrogens with one attached hydrogen (secondary N) is 1. The molecule has 0 bridgehead atoms. The molecule has 0 amide bonds. The fourth-order valence-electron chi connectivity index (χ4n) is 3.24. The van der Waals surface area contributed by atoms with Crippen molar-refractivity contribution in [1.29, 1.82) is 0 Å². The van der Waals surface area contributed by atoms with Crippen molar-refractivity contribution in [1.82, 2.24) is 5.32 Å². The van der Waals surface area contributed by atoms with E-state index in [0.29, 0.717) is 18.4 Å². The Hall–Kier alpha value is -1.35. The van der Waals surface area contributed by atoms with E-state index in [4.69, 9.17) is 0 Å². The van der Waals surface area contributed by atoms with E-state index in [2.05, 4.69) is 17.4 Å². The molecule has 0 aromatic heterocycles. The molecule has 2 fully saturated rings. The molecule has 1 aliphatic heterocycles. The van der Waals surface area contributed by atoms with Crippen LogP contribution in [0.15, 0.2) is 30.3 Å². The van der Waals surface area contributed by atoms with Crippen LogP contribution in [0, 0.1) is 11.3 Å². The maximum absolute atomic E-state index is 11.5. The first-order chi connectivity index (χ1) is 8.24. The highest BCUT2D eigenvalue weighted by Gasteiger charge is 2.58. The highest BCUT2D eigenvalue weighted by Crippen LogP contribution is 2.59. The summed E-state index contributed by atoms with van der Waals surface area (Å²) in [6, 6.07) is 10.3. The van der Waals surface area contributed by atoms with Gasteiger partial charge in [0.1, 0.15) is 0 Å². The lowest BCUT2D eigenvalue weighted by Crippen LogP contribution is -2.36. The second-order valence-corrected chi connectivity index (χ2v) is 5.25. The van der Waals surface area contributed by atoms with Crippen molar-refractivity contribution in [3.8, 4) is 0 Å². The van der Waals surface area contributed by atoms with Crippen LogP contribution in [-0.2, 0) is 4.79 Å². The average Bonchev–Trinajstić information content (AvgIpc) is 3.00. The number of rotatable bonds is 3. The largest absolute Gasteiger partial charge is 0.481 e. The maximum Gasteiger partial charge on any atom is 0.311 e. The van der Waals surface area contributed by atoms with Gasteiger partial charge in [-0.25, -0.2) is 0 Å². The fourth-order valence-corrected chi connectivity index (χ4v) is 3.24. The quantitative estimate of drug-likeness (QED) is 0.834. The van der Waals surface area contributed by atoms with E-state index in [0.717, 1.165) is 19.4 Å². The molecular formula is C14H17NO2. The zero-order valence-electron chi connectivity index (χ0n) is 9.73. The van der Waals surface area contributed by atoms with Gasteiger partial charge in [-0.2, -0.15) is 0 Å². The molecule has 1 aromatic rings. The summed E-state index contributed by atoms with van der Waals surface area (Å²) < 4.78 is 0. The first kappa shape index (κ1) is 10.8. The van der Waals surface area contributed by atoms with Gasteiger partial charge < -0.3 is 10.4 Å². The van der Waals surface area contributed by atoms with Crippen LogP contribution in [-0.4, -0.2) is 24.2 Å². The minimum atomic E-state index is -0.620. The Morgan fingerprint density at radius 1 is 1.35 bits per heavy atom. The highest BCUT2D eigenvalue weighted by molar-refractivity contribution is 5.77. The molecule has 3 atom stereocenters. The summed E-state index contributed by atoms with van der Waals surface area (Å²) in [5.41, 5.74) is 0.783. The standard InChI is InChI=1S/C14H17NO2/c16-13(17)14(6-7-15-9-14)12-8-11(12)10-4-2-1-3-5-10/h1-5,11-12,15H,6-9H2,(H,16,17). The van der Waals surface area contributed by atoms with E-state index in [9.17, 15) is 9.90 Å². The predicted molar refractivity (Wildman–Crippen MR) is 64.8 cm³/mol. The smallest absolute Gasteiger partial charge is 0.311 e. The lowest BCUT2D eigenvalue weighted by molar-refractivity contribution is -0.149. The molecule has 3 heteroatoms. The van der Waals surface area contributed by atoms with E-state index in [-0.39, 0.29) is 0 Å². The third kappa shape index (κ3) is 1.65. The zero-order chi connectivity index (χ0) is 11.9. The third-order valence-electron chi connectivity index (χ3n) is 4.34. The van der Waals surface area contributed by atoms with Crippen molar-refractivity contribution in [2.24, 2.45) is 11.3 Å². The summed E-state index contributed by atoms with van der Waals surface area (Å²) in [6.45, 7) is 1.47. The molecule has 3 unspecified atom stereocenters. The Labute approximate surface area is 101 Å². The summed E-state index contributed by atoms with van der Waals surface area (Å²) >= 11 is 0. The summed E-state index contributed by atoms with van der Waals surface area (Å²) in [5.74, 6) is 0.149. The van der Waals surface area contributed by atoms with Crippen LogP contribution in [0.4, 0.5) is 0 Å². The third-order valence-corrected chi connectivity index (χ3v) is 4.34.